The number of thioether (sulfide) groups is 4. The number of nitriles is 2. The topological polar surface area (TPSA) is 47.6 Å². The molecule has 0 amide bonds. The molecule has 2 rings (SSSR count). The molecule has 2 unspecified atom stereocenters. The Balaban J connectivity index is 1.60. The summed E-state index contributed by atoms with van der Waals surface area (Å²) in [5, 5.41) is 18.3. The van der Waals surface area contributed by atoms with Crippen LogP contribution in [0.3, 0.4) is 0 Å². The van der Waals surface area contributed by atoms with Gasteiger partial charge in [0.05, 0.1) is 12.1 Å². The van der Waals surface area contributed by atoms with Crippen LogP contribution in [0.5, 0.6) is 0 Å². The molecule has 154 valence electrons. The zero-order chi connectivity index (χ0) is 21.6. The molecule has 2 aromatic rings. The number of hydrogen-bond donors (Lipinski definition) is 0. The highest BCUT2D eigenvalue weighted by molar-refractivity contribution is 8.47. The van der Waals surface area contributed by atoms with Gasteiger partial charge in [0, 0.05) is 0 Å². The van der Waals surface area contributed by atoms with Gasteiger partial charge >= 0.3 is 0 Å². The van der Waals surface area contributed by atoms with Crippen molar-refractivity contribution in [2.24, 2.45) is 0 Å². The minimum Gasteiger partial charge on any atom is -0.197 e. The summed E-state index contributed by atoms with van der Waals surface area (Å²) in [5.74, 6) is 1.87. The molecule has 0 fully saturated rings. The quantitative estimate of drug-likeness (QED) is 0.253. The van der Waals surface area contributed by atoms with Crippen LogP contribution in [0.1, 0.15) is 34.5 Å². The second kappa shape index (κ2) is 14.9. The van der Waals surface area contributed by atoms with E-state index in [-0.39, 0.29) is 10.5 Å². The van der Waals surface area contributed by atoms with Gasteiger partial charge in [0.15, 0.2) is 0 Å². The van der Waals surface area contributed by atoms with E-state index in [0.717, 1.165) is 42.5 Å². The molecule has 30 heavy (non-hydrogen) atoms. The van der Waals surface area contributed by atoms with Crippen molar-refractivity contribution in [1.29, 1.82) is 10.5 Å². The Hall–Kier alpha value is -1.00. The van der Waals surface area contributed by atoms with Crippen LogP contribution in [0.2, 0.25) is 0 Å². The van der Waals surface area contributed by atoms with E-state index in [2.05, 4.69) is 12.1 Å². The Kier molecular flexibility index (Phi) is 12.6. The van der Waals surface area contributed by atoms with Crippen LogP contribution in [0, 0.1) is 22.7 Å². The van der Waals surface area contributed by atoms with E-state index in [0.29, 0.717) is 0 Å². The number of thiocarbonyl (C=S) groups is 2. The van der Waals surface area contributed by atoms with Gasteiger partial charge in [0.1, 0.15) is 17.6 Å². The molecule has 0 N–H and O–H groups in total. The molecule has 0 aliphatic rings. The van der Waals surface area contributed by atoms with E-state index in [9.17, 15) is 10.5 Å². The molecule has 0 aliphatic heterocycles. The summed E-state index contributed by atoms with van der Waals surface area (Å²) < 4.78 is 1.62. The Morgan fingerprint density at radius 3 is 1.40 bits per heavy atom. The van der Waals surface area contributed by atoms with E-state index in [1.54, 1.807) is 23.5 Å². The van der Waals surface area contributed by atoms with Gasteiger partial charge in [-0.25, -0.2) is 0 Å². The second-order valence-electron chi connectivity index (χ2n) is 5.98. The highest BCUT2D eigenvalue weighted by atomic mass is 32.2. The van der Waals surface area contributed by atoms with Gasteiger partial charge in [-0.2, -0.15) is 10.5 Å². The Morgan fingerprint density at radius 2 is 1.07 bits per heavy atom. The van der Waals surface area contributed by atoms with Gasteiger partial charge in [0.2, 0.25) is 0 Å². The maximum Gasteiger partial charge on any atom is 0.123 e. The molecule has 2 aromatic carbocycles. The van der Waals surface area contributed by atoms with Crippen molar-refractivity contribution in [3.05, 3.63) is 71.8 Å². The van der Waals surface area contributed by atoms with Crippen molar-refractivity contribution in [3.8, 4) is 12.1 Å². The van der Waals surface area contributed by atoms with E-state index < -0.39 is 0 Å². The third kappa shape index (κ3) is 9.43. The van der Waals surface area contributed by atoms with Gasteiger partial charge in [-0.3, -0.25) is 0 Å². The van der Waals surface area contributed by atoms with Crippen molar-refractivity contribution < 1.29 is 0 Å². The summed E-state index contributed by atoms with van der Waals surface area (Å²) in [6, 6.07) is 24.1. The zero-order valence-corrected chi connectivity index (χ0v) is 21.0. The predicted octanol–water partition coefficient (Wildman–Crippen LogP) is 7.80. The Labute approximate surface area is 206 Å². The van der Waals surface area contributed by atoms with E-state index in [1.807, 2.05) is 60.7 Å². The third-order valence-corrected chi connectivity index (χ3v) is 9.48. The van der Waals surface area contributed by atoms with Crippen LogP contribution in [0.4, 0.5) is 0 Å². The number of benzene rings is 2. The van der Waals surface area contributed by atoms with Crippen molar-refractivity contribution in [1.82, 2.24) is 0 Å². The van der Waals surface area contributed by atoms with Gasteiger partial charge < -0.3 is 0 Å². The molecular formula is C22H20N2S6. The SMILES string of the molecule is N#CC(SC(=S)SCCCCSC(=S)SC(C#N)c1ccccc1)c1ccccc1. The van der Waals surface area contributed by atoms with Gasteiger partial charge in [-0.15, -0.1) is 23.5 Å². The molecule has 0 heterocycles. The Bertz CT molecular complexity index is 814. The summed E-state index contributed by atoms with van der Waals surface area (Å²) >= 11 is 17.0. The highest BCUT2D eigenvalue weighted by Gasteiger charge is 2.15. The average Bonchev–Trinajstić information content (AvgIpc) is 2.79. The summed E-state index contributed by atoms with van der Waals surface area (Å²) in [6.07, 6.45) is 2.07. The third-order valence-electron chi connectivity index (χ3n) is 3.85. The maximum absolute atomic E-state index is 9.40. The zero-order valence-electron chi connectivity index (χ0n) is 16.1. The van der Waals surface area contributed by atoms with Crippen LogP contribution in [0.25, 0.3) is 0 Å². The van der Waals surface area contributed by atoms with Gasteiger partial charge in [-0.1, -0.05) is 109 Å². The molecule has 8 heteroatoms. The van der Waals surface area contributed by atoms with Crippen LogP contribution in [-0.4, -0.2) is 18.6 Å². The van der Waals surface area contributed by atoms with E-state index >= 15 is 0 Å². The van der Waals surface area contributed by atoms with Gasteiger partial charge in [-0.05, 0) is 35.5 Å². The number of rotatable bonds is 9. The average molecular weight is 505 g/mol. The van der Waals surface area contributed by atoms with Gasteiger partial charge in [0.25, 0.3) is 0 Å². The van der Waals surface area contributed by atoms with E-state index in [4.69, 9.17) is 24.4 Å². The normalized spacial score (nSPS) is 12.3. The smallest absolute Gasteiger partial charge is 0.123 e. The second-order valence-corrected chi connectivity index (χ2v) is 12.8. The fraction of sp³-hybridized carbons (Fsp3) is 0.273. The van der Waals surface area contributed by atoms with E-state index in [1.165, 1.54) is 23.5 Å². The fourth-order valence-corrected chi connectivity index (χ4v) is 7.18. The molecule has 0 saturated carbocycles. The minimum absolute atomic E-state index is 0.256. The first-order valence-electron chi connectivity index (χ1n) is 9.20. The summed E-state index contributed by atoms with van der Waals surface area (Å²) in [5.41, 5.74) is 1.98. The summed E-state index contributed by atoms with van der Waals surface area (Å²) in [6.45, 7) is 0. The maximum atomic E-state index is 9.40. The number of unbranched alkanes of at least 4 members (excludes halogenated alkanes) is 1. The monoisotopic (exact) mass is 504 g/mol. The molecule has 0 bridgehead atoms. The first kappa shape index (κ1) is 25.3. The van der Waals surface area contributed by atoms with Crippen molar-refractivity contribution >= 4 is 78.5 Å². The number of hydrogen-bond acceptors (Lipinski definition) is 8. The standard InChI is InChI=1S/C22H20N2S6/c23-15-19(17-9-3-1-4-10-17)29-21(25)27-13-7-8-14-28-22(26)30-20(16-24)18-11-5-2-6-12-18/h1-6,9-12,19-20H,7-8,13-14H2. The fourth-order valence-electron chi connectivity index (χ4n) is 2.37. The van der Waals surface area contributed by atoms with Crippen LogP contribution in [-0.2, 0) is 0 Å². The molecule has 0 spiro atoms. The molecule has 0 aliphatic carbocycles. The predicted molar refractivity (Wildman–Crippen MR) is 144 cm³/mol. The Morgan fingerprint density at radius 1 is 0.700 bits per heavy atom. The lowest BCUT2D eigenvalue weighted by molar-refractivity contribution is 0.911. The van der Waals surface area contributed by atoms with Crippen molar-refractivity contribution in [2.75, 3.05) is 11.5 Å². The van der Waals surface area contributed by atoms with Crippen LogP contribution < -0.4 is 0 Å². The summed E-state index contributed by atoms with van der Waals surface area (Å²) in [4.78, 5) is 0. The van der Waals surface area contributed by atoms with Crippen LogP contribution >= 0.6 is 71.5 Å². The number of nitrogens with zero attached hydrogens (tertiary/aromatic N) is 2. The lowest BCUT2D eigenvalue weighted by Crippen LogP contribution is -1.96. The molecule has 0 saturated heterocycles. The lowest BCUT2D eigenvalue weighted by atomic mass is 10.2. The molecule has 0 aromatic heterocycles. The largest absolute Gasteiger partial charge is 0.197 e. The first-order chi connectivity index (χ1) is 14.6. The first-order valence-corrected chi connectivity index (χ1v) is 13.7. The molecule has 2 atom stereocenters. The minimum atomic E-state index is -0.256. The molecule has 0 radical (unpaired) electrons. The molecule has 2 nitrogen and oxygen atoms in total. The van der Waals surface area contributed by atoms with Crippen molar-refractivity contribution in [3.63, 3.8) is 0 Å². The lowest BCUT2D eigenvalue weighted by Gasteiger charge is -2.10. The highest BCUT2D eigenvalue weighted by Crippen LogP contribution is 2.34. The van der Waals surface area contributed by atoms with Crippen molar-refractivity contribution in [2.45, 2.75) is 23.3 Å². The van der Waals surface area contributed by atoms with Crippen LogP contribution in [0.15, 0.2) is 60.7 Å². The molecular weight excluding hydrogens is 485 g/mol. The summed E-state index contributed by atoms with van der Waals surface area (Å²) in [7, 11) is 0.